The Hall–Kier alpha value is -0.120. The molecule has 3 atom stereocenters. The molecule has 1 rings (SSSR count). The molecule has 0 aliphatic carbocycles. The quantitative estimate of drug-likeness (QED) is 0.596. The summed E-state index contributed by atoms with van der Waals surface area (Å²) in [4.78, 5) is 0. The predicted molar refractivity (Wildman–Crippen MR) is 59.4 cm³/mol. The van der Waals surface area contributed by atoms with Gasteiger partial charge in [-0.25, -0.2) is 0 Å². The second kappa shape index (κ2) is 6.38. The maximum atomic E-state index is 9.39. The molecule has 0 bridgehead atoms. The summed E-state index contributed by atoms with van der Waals surface area (Å²) in [6.07, 6.45) is 4.45. The van der Waals surface area contributed by atoms with E-state index in [1.165, 1.54) is 25.8 Å². The first-order valence-corrected chi connectivity index (χ1v) is 5.87. The SMILES string of the molecule is CCC(O)CNC(C)CC1CCCN1. The second-order valence-electron chi connectivity index (χ2n) is 4.40. The van der Waals surface area contributed by atoms with Gasteiger partial charge in [0.25, 0.3) is 0 Å². The minimum atomic E-state index is -0.186. The van der Waals surface area contributed by atoms with Crippen molar-refractivity contribution in [1.29, 1.82) is 0 Å². The summed E-state index contributed by atoms with van der Waals surface area (Å²) in [6.45, 7) is 6.11. The highest BCUT2D eigenvalue weighted by atomic mass is 16.3. The highest BCUT2D eigenvalue weighted by molar-refractivity contribution is 4.78. The molecule has 0 aromatic rings. The topological polar surface area (TPSA) is 44.3 Å². The second-order valence-corrected chi connectivity index (χ2v) is 4.40. The Morgan fingerprint density at radius 1 is 1.57 bits per heavy atom. The van der Waals surface area contributed by atoms with E-state index in [0.29, 0.717) is 12.1 Å². The minimum absolute atomic E-state index is 0.186. The van der Waals surface area contributed by atoms with Crippen LogP contribution in [0.3, 0.4) is 0 Å². The van der Waals surface area contributed by atoms with E-state index in [2.05, 4.69) is 17.6 Å². The van der Waals surface area contributed by atoms with Crippen LogP contribution in [-0.2, 0) is 0 Å². The largest absolute Gasteiger partial charge is 0.392 e. The molecule has 0 aromatic heterocycles. The van der Waals surface area contributed by atoms with Crippen molar-refractivity contribution in [3.8, 4) is 0 Å². The zero-order valence-electron chi connectivity index (χ0n) is 9.42. The van der Waals surface area contributed by atoms with E-state index in [-0.39, 0.29) is 6.10 Å². The van der Waals surface area contributed by atoms with Crippen molar-refractivity contribution in [3.05, 3.63) is 0 Å². The van der Waals surface area contributed by atoms with Gasteiger partial charge in [-0.2, -0.15) is 0 Å². The van der Waals surface area contributed by atoms with Crippen LogP contribution >= 0.6 is 0 Å². The molecule has 14 heavy (non-hydrogen) atoms. The molecular weight excluding hydrogens is 176 g/mol. The van der Waals surface area contributed by atoms with Crippen molar-refractivity contribution in [3.63, 3.8) is 0 Å². The Kier molecular flexibility index (Phi) is 5.45. The third kappa shape index (κ3) is 4.40. The smallest absolute Gasteiger partial charge is 0.0662 e. The summed E-state index contributed by atoms with van der Waals surface area (Å²) in [7, 11) is 0. The van der Waals surface area contributed by atoms with Gasteiger partial charge in [0.1, 0.15) is 0 Å². The molecule has 0 spiro atoms. The average molecular weight is 200 g/mol. The lowest BCUT2D eigenvalue weighted by Crippen LogP contribution is -2.37. The molecule has 1 heterocycles. The van der Waals surface area contributed by atoms with Crippen LogP contribution in [0.5, 0.6) is 0 Å². The third-order valence-electron chi connectivity index (χ3n) is 2.97. The van der Waals surface area contributed by atoms with E-state index in [4.69, 9.17) is 0 Å². The molecule has 0 radical (unpaired) electrons. The molecule has 3 nitrogen and oxygen atoms in total. The maximum Gasteiger partial charge on any atom is 0.0662 e. The Morgan fingerprint density at radius 3 is 2.93 bits per heavy atom. The van der Waals surface area contributed by atoms with Crippen LogP contribution in [0.4, 0.5) is 0 Å². The highest BCUT2D eigenvalue weighted by Gasteiger charge is 2.16. The van der Waals surface area contributed by atoms with Crippen molar-refractivity contribution in [2.45, 2.75) is 57.7 Å². The van der Waals surface area contributed by atoms with Gasteiger partial charge in [-0.3, -0.25) is 0 Å². The van der Waals surface area contributed by atoms with Crippen LogP contribution in [-0.4, -0.2) is 36.4 Å². The molecule has 1 aliphatic heterocycles. The van der Waals surface area contributed by atoms with Crippen molar-refractivity contribution in [2.75, 3.05) is 13.1 Å². The summed E-state index contributed by atoms with van der Waals surface area (Å²) >= 11 is 0. The van der Waals surface area contributed by atoms with Crippen LogP contribution in [0.25, 0.3) is 0 Å². The molecule has 1 aliphatic rings. The third-order valence-corrected chi connectivity index (χ3v) is 2.97. The van der Waals surface area contributed by atoms with E-state index in [9.17, 15) is 5.11 Å². The lowest BCUT2D eigenvalue weighted by molar-refractivity contribution is 0.162. The van der Waals surface area contributed by atoms with Gasteiger partial charge in [0.15, 0.2) is 0 Å². The molecular formula is C11H24N2O. The Morgan fingerprint density at radius 2 is 2.36 bits per heavy atom. The number of hydrogen-bond acceptors (Lipinski definition) is 3. The average Bonchev–Trinajstić information content (AvgIpc) is 2.66. The van der Waals surface area contributed by atoms with E-state index in [1.807, 2.05) is 6.92 Å². The number of nitrogens with one attached hydrogen (secondary N) is 2. The summed E-state index contributed by atoms with van der Waals surface area (Å²) in [5, 5.41) is 16.2. The number of rotatable bonds is 6. The van der Waals surface area contributed by atoms with Crippen LogP contribution in [0.1, 0.15) is 39.5 Å². The molecule has 1 saturated heterocycles. The summed E-state index contributed by atoms with van der Waals surface area (Å²) in [5.74, 6) is 0. The summed E-state index contributed by atoms with van der Waals surface area (Å²) in [6, 6.07) is 1.20. The predicted octanol–water partition coefficient (Wildman–Crippen LogP) is 0.877. The first-order chi connectivity index (χ1) is 6.72. The van der Waals surface area contributed by atoms with Gasteiger partial charge in [-0.1, -0.05) is 6.92 Å². The zero-order valence-corrected chi connectivity index (χ0v) is 9.42. The Bertz CT molecular complexity index is 146. The first-order valence-electron chi connectivity index (χ1n) is 5.87. The van der Waals surface area contributed by atoms with E-state index in [0.717, 1.165) is 13.0 Å². The normalized spacial score (nSPS) is 26.4. The van der Waals surface area contributed by atoms with E-state index >= 15 is 0 Å². The minimum Gasteiger partial charge on any atom is -0.392 e. The first kappa shape index (κ1) is 12.0. The summed E-state index contributed by atoms with van der Waals surface area (Å²) < 4.78 is 0. The van der Waals surface area contributed by atoms with Gasteiger partial charge in [0.05, 0.1) is 6.10 Å². The monoisotopic (exact) mass is 200 g/mol. The maximum absolute atomic E-state index is 9.39. The van der Waals surface area contributed by atoms with Crippen molar-refractivity contribution in [2.24, 2.45) is 0 Å². The van der Waals surface area contributed by atoms with Crippen LogP contribution in [0.15, 0.2) is 0 Å². The van der Waals surface area contributed by atoms with Crippen molar-refractivity contribution < 1.29 is 5.11 Å². The van der Waals surface area contributed by atoms with Gasteiger partial charge < -0.3 is 15.7 Å². The van der Waals surface area contributed by atoms with Gasteiger partial charge in [-0.15, -0.1) is 0 Å². The Balaban J connectivity index is 2.05. The molecule has 3 unspecified atom stereocenters. The Labute approximate surface area is 87.3 Å². The van der Waals surface area contributed by atoms with Gasteiger partial charge >= 0.3 is 0 Å². The zero-order chi connectivity index (χ0) is 10.4. The van der Waals surface area contributed by atoms with Gasteiger partial charge in [0, 0.05) is 18.6 Å². The molecule has 3 N–H and O–H groups in total. The summed E-state index contributed by atoms with van der Waals surface area (Å²) in [5.41, 5.74) is 0. The molecule has 3 heteroatoms. The van der Waals surface area contributed by atoms with Crippen molar-refractivity contribution >= 4 is 0 Å². The molecule has 1 fully saturated rings. The lowest BCUT2D eigenvalue weighted by Gasteiger charge is -2.19. The molecule has 84 valence electrons. The molecule has 0 aromatic carbocycles. The number of aliphatic hydroxyl groups excluding tert-OH is 1. The fourth-order valence-corrected chi connectivity index (χ4v) is 1.95. The standard InChI is InChI=1S/C11H24N2O/c1-3-11(14)8-13-9(2)7-10-5-4-6-12-10/h9-14H,3-8H2,1-2H3. The fraction of sp³-hybridized carbons (Fsp3) is 1.00. The fourth-order valence-electron chi connectivity index (χ4n) is 1.95. The van der Waals surface area contributed by atoms with Gasteiger partial charge in [-0.05, 0) is 39.2 Å². The number of aliphatic hydroxyl groups is 1. The number of hydrogen-bond donors (Lipinski definition) is 3. The van der Waals surface area contributed by atoms with E-state index < -0.39 is 0 Å². The van der Waals surface area contributed by atoms with Gasteiger partial charge in [0.2, 0.25) is 0 Å². The lowest BCUT2D eigenvalue weighted by atomic mass is 10.1. The molecule has 0 amide bonds. The van der Waals surface area contributed by atoms with Crippen LogP contribution < -0.4 is 10.6 Å². The van der Waals surface area contributed by atoms with Crippen molar-refractivity contribution in [1.82, 2.24) is 10.6 Å². The van der Waals surface area contributed by atoms with E-state index in [1.54, 1.807) is 0 Å². The van der Waals surface area contributed by atoms with Crippen LogP contribution in [0.2, 0.25) is 0 Å². The van der Waals surface area contributed by atoms with Crippen LogP contribution in [0, 0.1) is 0 Å². The highest BCUT2D eigenvalue weighted by Crippen LogP contribution is 2.10. The molecule has 0 saturated carbocycles.